The molecular formula is C10H11FNO. The maximum atomic E-state index is 13.3. The normalized spacial score (nSPS) is 23.0. The molecule has 2 rings (SSSR count). The number of benzene rings is 1. The van der Waals surface area contributed by atoms with Crippen molar-refractivity contribution in [3.63, 3.8) is 0 Å². The summed E-state index contributed by atoms with van der Waals surface area (Å²) in [4.78, 5) is 0. The van der Waals surface area contributed by atoms with Gasteiger partial charge in [0, 0.05) is 18.7 Å². The molecule has 1 aliphatic rings. The van der Waals surface area contributed by atoms with Gasteiger partial charge in [0.1, 0.15) is 5.82 Å². The number of halogens is 1. The van der Waals surface area contributed by atoms with E-state index in [1.807, 2.05) is 6.07 Å². The van der Waals surface area contributed by atoms with E-state index >= 15 is 0 Å². The van der Waals surface area contributed by atoms with Crippen molar-refractivity contribution >= 4 is 0 Å². The molecule has 2 nitrogen and oxygen atoms in total. The summed E-state index contributed by atoms with van der Waals surface area (Å²) < 4.78 is 18.7. The topological polar surface area (TPSA) is 23.3 Å². The van der Waals surface area contributed by atoms with E-state index < -0.39 is 0 Å². The highest BCUT2D eigenvalue weighted by Gasteiger charge is 2.18. The highest BCUT2D eigenvalue weighted by atomic mass is 19.1. The van der Waals surface area contributed by atoms with Crippen molar-refractivity contribution in [2.75, 3.05) is 19.7 Å². The second kappa shape index (κ2) is 3.85. The molecule has 1 aliphatic heterocycles. The second-order valence-corrected chi connectivity index (χ2v) is 3.01. The molecule has 0 spiro atoms. The summed E-state index contributed by atoms with van der Waals surface area (Å²) in [6.45, 7) is 1.89. The van der Waals surface area contributed by atoms with Gasteiger partial charge in [0.15, 0.2) is 0 Å². The van der Waals surface area contributed by atoms with E-state index in [2.05, 4.69) is 5.32 Å². The highest BCUT2D eigenvalue weighted by molar-refractivity contribution is 5.20. The Balaban J connectivity index is 2.18. The van der Waals surface area contributed by atoms with E-state index in [-0.39, 0.29) is 11.9 Å². The first-order valence-corrected chi connectivity index (χ1v) is 4.37. The first-order valence-electron chi connectivity index (χ1n) is 4.37. The number of hydrogen-bond acceptors (Lipinski definition) is 1. The van der Waals surface area contributed by atoms with Crippen LogP contribution in [0.3, 0.4) is 0 Å². The van der Waals surface area contributed by atoms with Crippen LogP contribution in [0.25, 0.3) is 0 Å². The van der Waals surface area contributed by atoms with Crippen LogP contribution < -0.4 is 5.32 Å². The Bertz CT molecular complexity index is 284. The second-order valence-electron chi connectivity index (χ2n) is 3.01. The molecule has 1 aromatic carbocycles. The van der Waals surface area contributed by atoms with E-state index in [1.54, 1.807) is 12.1 Å². The molecule has 1 saturated heterocycles. The summed E-state index contributed by atoms with van der Waals surface area (Å²) in [7, 11) is 0. The van der Waals surface area contributed by atoms with Gasteiger partial charge in [-0.25, -0.2) is 9.71 Å². The van der Waals surface area contributed by atoms with Gasteiger partial charge in [0.25, 0.3) is 0 Å². The summed E-state index contributed by atoms with van der Waals surface area (Å²) in [6.07, 6.45) is -0.185. The molecule has 13 heavy (non-hydrogen) atoms. The standard InChI is InChI=1S/C10H11FNO/c11-9-4-2-1-3-8(9)10-7-12-5-6-13-10/h1-4,10H,5-7H2. The fraction of sp³-hybridized carbons (Fsp3) is 0.400. The van der Waals surface area contributed by atoms with Gasteiger partial charge in [0.2, 0.25) is 0 Å². The van der Waals surface area contributed by atoms with Gasteiger partial charge < -0.3 is 4.74 Å². The Kier molecular flexibility index (Phi) is 2.57. The molecule has 0 saturated carbocycles. The Morgan fingerprint density at radius 1 is 1.38 bits per heavy atom. The smallest absolute Gasteiger partial charge is 0.129 e. The van der Waals surface area contributed by atoms with Gasteiger partial charge in [-0.2, -0.15) is 0 Å². The van der Waals surface area contributed by atoms with Gasteiger partial charge in [-0.3, -0.25) is 0 Å². The van der Waals surface area contributed by atoms with Crippen molar-refractivity contribution < 1.29 is 9.13 Å². The van der Waals surface area contributed by atoms with Crippen LogP contribution in [-0.4, -0.2) is 19.7 Å². The van der Waals surface area contributed by atoms with Crippen LogP contribution in [0.2, 0.25) is 0 Å². The zero-order chi connectivity index (χ0) is 9.10. The molecule has 0 amide bonds. The minimum absolute atomic E-state index is 0.185. The van der Waals surface area contributed by atoms with Crippen molar-refractivity contribution in [1.29, 1.82) is 0 Å². The van der Waals surface area contributed by atoms with Crippen molar-refractivity contribution in [2.24, 2.45) is 0 Å². The zero-order valence-corrected chi connectivity index (χ0v) is 7.24. The Morgan fingerprint density at radius 3 is 2.92 bits per heavy atom. The monoisotopic (exact) mass is 180 g/mol. The van der Waals surface area contributed by atoms with Crippen LogP contribution in [0.15, 0.2) is 24.3 Å². The minimum Gasteiger partial charge on any atom is -0.371 e. The van der Waals surface area contributed by atoms with Crippen LogP contribution in [0.1, 0.15) is 11.7 Å². The fourth-order valence-corrected chi connectivity index (χ4v) is 1.45. The predicted octanol–water partition coefficient (Wildman–Crippen LogP) is 1.50. The molecule has 3 heteroatoms. The lowest BCUT2D eigenvalue weighted by Gasteiger charge is -2.22. The molecule has 1 fully saturated rings. The van der Waals surface area contributed by atoms with Crippen LogP contribution in [0.5, 0.6) is 0 Å². The number of rotatable bonds is 1. The largest absolute Gasteiger partial charge is 0.371 e. The number of hydrogen-bond donors (Lipinski definition) is 0. The van der Waals surface area contributed by atoms with E-state index in [0.717, 1.165) is 6.54 Å². The van der Waals surface area contributed by atoms with Crippen molar-refractivity contribution in [2.45, 2.75) is 6.10 Å². The van der Waals surface area contributed by atoms with E-state index in [9.17, 15) is 4.39 Å². The molecule has 1 unspecified atom stereocenters. The average molecular weight is 180 g/mol. The lowest BCUT2D eigenvalue weighted by atomic mass is 10.1. The number of ether oxygens (including phenoxy) is 1. The third kappa shape index (κ3) is 1.87. The quantitative estimate of drug-likeness (QED) is 0.642. The molecule has 0 bridgehead atoms. The average Bonchev–Trinajstić information content (AvgIpc) is 2.20. The SMILES string of the molecule is Fc1ccccc1C1C[N]CCO1. The molecule has 69 valence electrons. The van der Waals surface area contributed by atoms with Crippen molar-refractivity contribution in [1.82, 2.24) is 5.32 Å². The molecule has 1 atom stereocenters. The van der Waals surface area contributed by atoms with Crippen molar-refractivity contribution in [3.05, 3.63) is 35.6 Å². The van der Waals surface area contributed by atoms with Gasteiger partial charge in [-0.15, -0.1) is 0 Å². The maximum absolute atomic E-state index is 13.3. The van der Waals surface area contributed by atoms with Gasteiger partial charge >= 0.3 is 0 Å². The van der Waals surface area contributed by atoms with Gasteiger partial charge in [0.05, 0.1) is 12.7 Å². The van der Waals surface area contributed by atoms with Crippen LogP contribution in [-0.2, 0) is 4.74 Å². The van der Waals surface area contributed by atoms with Crippen molar-refractivity contribution in [3.8, 4) is 0 Å². The van der Waals surface area contributed by atoms with E-state index in [4.69, 9.17) is 4.74 Å². The summed E-state index contributed by atoms with van der Waals surface area (Å²) in [5.74, 6) is -0.204. The van der Waals surface area contributed by atoms with Crippen LogP contribution in [0.4, 0.5) is 4.39 Å². The summed E-state index contributed by atoms with van der Waals surface area (Å²) in [5, 5.41) is 4.18. The Labute approximate surface area is 76.7 Å². The first kappa shape index (κ1) is 8.66. The third-order valence-electron chi connectivity index (χ3n) is 2.12. The first-order chi connectivity index (χ1) is 6.38. The highest BCUT2D eigenvalue weighted by Crippen LogP contribution is 2.21. The van der Waals surface area contributed by atoms with Crippen LogP contribution in [0, 0.1) is 5.82 Å². The van der Waals surface area contributed by atoms with Gasteiger partial charge in [-0.1, -0.05) is 18.2 Å². The molecule has 1 aromatic rings. The Hall–Kier alpha value is -0.930. The van der Waals surface area contributed by atoms with E-state index in [0.29, 0.717) is 18.7 Å². The maximum Gasteiger partial charge on any atom is 0.129 e. The predicted molar refractivity (Wildman–Crippen MR) is 47.0 cm³/mol. The molecular weight excluding hydrogens is 169 g/mol. The number of morpholine rings is 1. The third-order valence-corrected chi connectivity index (χ3v) is 2.12. The number of nitrogens with zero attached hydrogens (tertiary/aromatic N) is 1. The molecule has 0 N–H and O–H groups in total. The summed E-state index contributed by atoms with van der Waals surface area (Å²) >= 11 is 0. The van der Waals surface area contributed by atoms with Gasteiger partial charge in [-0.05, 0) is 6.07 Å². The lowest BCUT2D eigenvalue weighted by Crippen LogP contribution is -2.28. The minimum atomic E-state index is -0.204. The molecule has 0 aliphatic carbocycles. The molecule has 0 aromatic heterocycles. The zero-order valence-electron chi connectivity index (χ0n) is 7.24. The lowest BCUT2D eigenvalue weighted by molar-refractivity contribution is 0.0239. The summed E-state index contributed by atoms with van der Waals surface area (Å²) in [6, 6.07) is 6.70. The summed E-state index contributed by atoms with van der Waals surface area (Å²) in [5.41, 5.74) is 0.617. The fourth-order valence-electron chi connectivity index (χ4n) is 1.45. The van der Waals surface area contributed by atoms with Crippen LogP contribution >= 0.6 is 0 Å². The molecule has 1 radical (unpaired) electrons. The molecule has 1 heterocycles. The Morgan fingerprint density at radius 2 is 2.23 bits per heavy atom. The van der Waals surface area contributed by atoms with E-state index in [1.165, 1.54) is 6.07 Å².